The van der Waals surface area contributed by atoms with Gasteiger partial charge in [-0.05, 0) is 18.2 Å². The molecular formula is C14H11FN2. The summed E-state index contributed by atoms with van der Waals surface area (Å²) in [5.41, 5.74) is 2.90. The monoisotopic (exact) mass is 226 g/mol. The van der Waals surface area contributed by atoms with Crippen molar-refractivity contribution >= 4 is 10.9 Å². The lowest BCUT2D eigenvalue weighted by Crippen LogP contribution is -1.92. The molecule has 2 nitrogen and oxygen atoms in total. The molecule has 0 bridgehead atoms. The smallest absolute Gasteiger partial charge is 0.142 e. The number of para-hydroxylation sites is 1. The lowest BCUT2D eigenvalue weighted by molar-refractivity contribution is 0.622. The molecule has 0 radical (unpaired) electrons. The molecule has 0 amide bonds. The molecule has 84 valence electrons. The van der Waals surface area contributed by atoms with E-state index >= 15 is 0 Å². The highest BCUT2D eigenvalue weighted by Crippen LogP contribution is 2.26. The minimum atomic E-state index is -0.312. The van der Waals surface area contributed by atoms with Crippen molar-refractivity contribution < 1.29 is 4.39 Å². The SMILES string of the molecule is Cn1c(-c2cncc(F)c2)cc2ccccc21. The van der Waals surface area contributed by atoms with E-state index in [4.69, 9.17) is 0 Å². The van der Waals surface area contributed by atoms with E-state index in [1.807, 2.05) is 41.9 Å². The summed E-state index contributed by atoms with van der Waals surface area (Å²) in [6, 6.07) is 11.6. The van der Waals surface area contributed by atoms with Crippen LogP contribution in [0.5, 0.6) is 0 Å². The summed E-state index contributed by atoms with van der Waals surface area (Å²) < 4.78 is 15.2. The topological polar surface area (TPSA) is 17.8 Å². The molecule has 0 aliphatic heterocycles. The zero-order valence-electron chi connectivity index (χ0n) is 9.39. The van der Waals surface area contributed by atoms with Gasteiger partial charge in [-0.3, -0.25) is 4.98 Å². The third kappa shape index (κ3) is 1.60. The molecule has 3 rings (SSSR count). The van der Waals surface area contributed by atoms with Crippen molar-refractivity contribution in [1.82, 2.24) is 9.55 Å². The molecule has 1 aromatic carbocycles. The van der Waals surface area contributed by atoms with Crippen LogP contribution in [0.1, 0.15) is 0 Å². The molecule has 0 aliphatic rings. The van der Waals surface area contributed by atoms with Gasteiger partial charge < -0.3 is 4.57 Å². The minimum Gasteiger partial charge on any atom is -0.344 e. The fraction of sp³-hybridized carbons (Fsp3) is 0.0714. The molecule has 0 unspecified atom stereocenters. The lowest BCUT2D eigenvalue weighted by Gasteiger charge is -2.03. The molecule has 3 aromatic rings. The van der Waals surface area contributed by atoms with Crippen molar-refractivity contribution in [2.24, 2.45) is 7.05 Å². The fourth-order valence-electron chi connectivity index (χ4n) is 2.12. The summed E-state index contributed by atoms with van der Waals surface area (Å²) in [4.78, 5) is 3.88. The van der Waals surface area contributed by atoms with Crippen LogP contribution in [0.3, 0.4) is 0 Å². The third-order valence-corrected chi connectivity index (χ3v) is 2.95. The van der Waals surface area contributed by atoms with Gasteiger partial charge in [-0.1, -0.05) is 18.2 Å². The largest absolute Gasteiger partial charge is 0.344 e. The van der Waals surface area contributed by atoms with E-state index in [0.29, 0.717) is 0 Å². The van der Waals surface area contributed by atoms with E-state index in [-0.39, 0.29) is 5.82 Å². The normalized spacial score (nSPS) is 10.9. The standard InChI is InChI=1S/C14H11FN2/c1-17-13-5-3-2-4-10(13)7-14(17)11-6-12(15)9-16-8-11/h2-9H,1H3. The molecule has 0 atom stereocenters. The number of pyridine rings is 1. The lowest BCUT2D eigenvalue weighted by atomic mass is 10.2. The predicted octanol–water partition coefficient (Wildman–Crippen LogP) is 3.38. The molecule has 2 aromatic heterocycles. The molecule has 0 saturated carbocycles. The van der Waals surface area contributed by atoms with E-state index in [2.05, 4.69) is 4.98 Å². The van der Waals surface area contributed by atoms with Gasteiger partial charge in [0.05, 0.1) is 11.9 Å². The maximum atomic E-state index is 13.2. The maximum absolute atomic E-state index is 13.2. The number of fused-ring (bicyclic) bond motifs is 1. The summed E-state index contributed by atoms with van der Waals surface area (Å²) in [5, 5.41) is 1.15. The number of nitrogens with zero attached hydrogens (tertiary/aromatic N) is 2. The van der Waals surface area contributed by atoms with Gasteiger partial charge in [0.15, 0.2) is 0 Å². The van der Waals surface area contributed by atoms with Gasteiger partial charge in [-0.25, -0.2) is 4.39 Å². The van der Waals surface area contributed by atoms with E-state index in [0.717, 1.165) is 22.2 Å². The Labute approximate surface area is 98.3 Å². The van der Waals surface area contributed by atoms with Crippen LogP contribution in [-0.4, -0.2) is 9.55 Å². The maximum Gasteiger partial charge on any atom is 0.142 e. The van der Waals surface area contributed by atoms with Crippen molar-refractivity contribution in [3.05, 3.63) is 54.6 Å². The molecule has 0 fully saturated rings. The number of rotatable bonds is 1. The van der Waals surface area contributed by atoms with Crippen molar-refractivity contribution in [3.8, 4) is 11.3 Å². The Kier molecular flexibility index (Phi) is 2.18. The van der Waals surface area contributed by atoms with E-state index in [9.17, 15) is 4.39 Å². The quantitative estimate of drug-likeness (QED) is 0.622. The van der Waals surface area contributed by atoms with Crippen LogP contribution >= 0.6 is 0 Å². The average molecular weight is 226 g/mol. The number of hydrogen-bond donors (Lipinski definition) is 0. The van der Waals surface area contributed by atoms with Crippen LogP contribution in [0.4, 0.5) is 4.39 Å². The Morgan fingerprint density at radius 1 is 1.12 bits per heavy atom. The second-order valence-electron chi connectivity index (χ2n) is 4.04. The van der Waals surface area contributed by atoms with Crippen molar-refractivity contribution in [2.45, 2.75) is 0 Å². The van der Waals surface area contributed by atoms with Crippen molar-refractivity contribution in [1.29, 1.82) is 0 Å². The van der Waals surface area contributed by atoms with Crippen molar-refractivity contribution in [2.75, 3.05) is 0 Å². The average Bonchev–Trinajstić information content (AvgIpc) is 2.68. The Bertz CT molecular complexity index is 686. The number of halogens is 1. The Balaban J connectivity index is 2.27. The van der Waals surface area contributed by atoms with E-state index in [1.54, 1.807) is 6.20 Å². The summed E-state index contributed by atoms with van der Waals surface area (Å²) in [6.45, 7) is 0. The van der Waals surface area contributed by atoms with E-state index in [1.165, 1.54) is 12.3 Å². The summed E-state index contributed by atoms with van der Waals surface area (Å²) in [7, 11) is 1.97. The first-order valence-electron chi connectivity index (χ1n) is 5.41. The summed E-state index contributed by atoms with van der Waals surface area (Å²) in [5.74, 6) is -0.312. The first kappa shape index (κ1) is 10.0. The predicted molar refractivity (Wildman–Crippen MR) is 66.1 cm³/mol. The number of benzene rings is 1. The molecule has 0 aliphatic carbocycles. The molecule has 0 N–H and O–H groups in total. The Morgan fingerprint density at radius 3 is 2.71 bits per heavy atom. The Morgan fingerprint density at radius 2 is 1.94 bits per heavy atom. The van der Waals surface area contributed by atoms with Crippen LogP contribution in [-0.2, 0) is 7.05 Å². The molecule has 0 spiro atoms. The van der Waals surface area contributed by atoms with Crippen molar-refractivity contribution in [3.63, 3.8) is 0 Å². The molecule has 3 heteroatoms. The van der Waals surface area contributed by atoms with Gasteiger partial charge in [-0.15, -0.1) is 0 Å². The van der Waals surface area contributed by atoms with Gasteiger partial charge in [0.25, 0.3) is 0 Å². The van der Waals surface area contributed by atoms with Crippen LogP contribution in [0.25, 0.3) is 22.2 Å². The minimum absolute atomic E-state index is 0.312. The van der Waals surface area contributed by atoms with Gasteiger partial charge in [-0.2, -0.15) is 0 Å². The highest BCUT2D eigenvalue weighted by atomic mass is 19.1. The molecule has 17 heavy (non-hydrogen) atoms. The van der Waals surface area contributed by atoms with Gasteiger partial charge in [0, 0.05) is 29.7 Å². The third-order valence-electron chi connectivity index (χ3n) is 2.95. The van der Waals surface area contributed by atoms with Gasteiger partial charge in [0.1, 0.15) is 5.82 Å². The van der Waals surface area contributed by atoms with E-state index < -0.39 is 0 Å². The fourth-order valence-corrected chi connectivity index (χ4v) is 2.12. The number of aromatic nitrogens is 2. The van der Waals surface area contributed by atoms with Gasteiger partial charge in [0.2, 0.25) is 0 Å². The number of hydrogen-bond acceptors (Lipinski definition) is 1. The molecule has 0 saturated heterocycles. The molecule has 2 heterocycles. The number of aryl methyl sites for hydroxylation is 1. The van der Waals surface area contributed by atoms with Crippen LogP contribution in [0.2, 0.25) is 0 Å². The van der Waals surface area contributed by atoms with Crippen LogP contribution in [0.15, 0.2) is 48.8 Å². The van der Waals surface area contributed by atoms with Crippen LogP contribution < -0.4 is 0 Å². The highest BCUT2D eigenvalue weighted by molar-refractivity contribution is 5.86. The zero-order chi connectivity index (χ0) is 11.8. The highest BCUT2D eigenvalue weighted by Gasteiger charge is 2.08. The van der Waals surface area contributed by atoms with Gasteiger partial charge >= 0.3 is 0 Å². The second-order valence-corrected chi connectivity index (χ2v) is 4.04. The second kappa shape index (κ2) is 3.70. The first-order chi connectivity index (χ1) is 8.25. The zero-order valence-corrected chi connectivity index (χ0v) is 9.39. The first-order valence-corrected chi connectivity index (χ1v) is 5.41. The summed E-state index contributed by atoms with van der Waals surface area (Å²) >= 11 is 0. The Hall–Kier alpha value is -2.16. The summed E-state index contributed by atoms with van der Waals surface area (Å²) in [6.07, 6.45) is 2.89. The van der Waals surface area contributed by atoms with Crippen LogP contribution in [0, 0.1) is 5.82 Å². The molecular weight excluding hydrogens is 215 g/mol.